The van der Waals surface area contributed by atoms with Gasteiger partial charge in [-0.3, -0.25) is 4.79 Å². The van der Waals surface area contributed by atoms with Crippen LogP contribution >= 0.6 is 11.3 Å². The molecule has 0 aliphatic carbocycles. The number of hydrogen-bond acceptors (Lipinski definition) is 6. The van der Waals surface area contributed by atoms with Crippen molar-refractivity contribution < 1.29 is 27.5 Å². The van der Waals surface area contributed by atoms with Crippen molar-refractivity contribution in [2.45, 2.75) is 31.7 Å². The third-order valence-electron chi connectivity index (χ3n) is 5.24. The molecule has 7 N–H and O–H groups in total. The topological polar surface area (TPSA) is 119 Å². The fourth-order valence-corrected chi connectivity index (χ4v) is 4.57. The van der Waals surface area contributed by atoms with Gasteiger partial charge in [-0.15, -0.1) is 11.3 Å². The number of thiophene rings is 1. The van der Waals surface area contributed by atoms with E-state index in [2.05, 4.69) is 0 Å². The first-order valence-electron chi connectivity index (χ1n) is 9.76. The van der Waals surface area contributed by atoms with Crippen LogP contribution in [0.5, 0.6) is 0 Å². The Bertz CT molecular complexity index is 1210. The number of nitrogens with two attached hydrogens (primary N) is 3. The van der Waals surface area contributed by atoms with Crippen LogP contribution in [-0.2, 0) is 6.54 Å². The molecule has 0 radical (unpaired) electrons. The standard InChI is InChI=1S/C22H22F4N4O2S/c1-2-21(32,22(24,25)26)17(27)11-30(29)10-12-3-8-15-16(9-12)33-19(20(28)31)18(15)13-4-6-14(23)7-5-13/h3-9,11,32H,2,10,27,29H2,1H3,(H2,28,31)/b17-11-. The molecule has 33 heavy (non-hydrogen) atoms. The van der Waals surface area contributed by atoms with Crippen molar-refractivity contribution in [3.05, 3.63) is 70.6 Å². The smallest absolute Gasteiger partial charge is 0.398 e. The average Bonchev–Trinajstić information content (AvgIpc) is 3.11. The van der Waals surface area contributed by atoms with E-state index in [0.29, 0.717) is 31.7 Å². The van der Waals surface area contributed by atoms with Crippen molar-refractivity contribution in [1.82, 2.24) is 5.01 Å². The highest BCUT2D eigenvalue weighted by Crippen LogP contribution is 2.39. The predicted molar refractivity (Wildman–Crippen MR) is 119 cm³/mol. The summed E-state index contributed by atoms with van der Waals surface area (Å²) in [4.78, 5) is 12.3. The summed E-state index contributed by atoms with van der Waals surface area (Å²) in [6, 6.07) is 10.8. The summed E-state index contributed by atoms with van der Waals surface area (Å²) in [5.41, 5.74) is 8.84. The molecule has 3 rings (SSSR count). The molecule has 0 fully saturated rings. The summed E-state index contributed by atoms with van der Waals surface area (Å²) in [5, 5.41) is 11.6. The average molecular weight is 483 g/mol. The van der Waals surface area contributed by atoms with Crippen molar-refractivity contribution in [3.8, 4) is 11.1 Å². The number of carbonyl (C=O) groups is 1. The van der Waals surface area contributed by atoms with E-state index in [4.69, 9.17) is 17.3 Å². The fourth-order valence-electron chi connectivity index (χ4n) is 3.43. The number of rotatable bonds is 7. The number of nitrogens with zero attached hydrogens (tertiary/aromatic N) is 1. The van der Waals surface area contributed by atoms with Gasteiger partial charge in [-0.25, -0.2) is 10.2 Å². The zero-order valence-electron chi connectivity index (χ0n) is 17.5. The molecule has 0 saturated heterocycles. The van der Waals surface area contributed by atoms with Gasteiger partial charge in [0.2, 0.25) is 5.60 Å². The number of aliphatic hydroxyl groups is 1. The lowest BCUT2D eigenvalue weighted by atomic mass is 9.96. The van der Waals surface area contributed by atoms with Gasteiger partial charge >= 0.3 is 6.18 Å². The minimum Gasteiger partial charge on any atom is -0.398 e. The Morgan fingerprint density at radius 3 is 2.33 bits per heavy atom. The van der Waals surface area contributed by atoms with E-state index < -0.39 is 35.6 Å². The van der Waals surface area contributed by atoms with Crippen molar-refractivity contribution in [1.29, 1.82) is 0 Å². The van der Waals surface area contributed by atoms with E-state index in [1.807, 2.05) is 0 Å². The molecule has 0 aliphatic heterocycles. The van der Waals surface area contributed by atoms with Gasteiger partial charge in [0.25, 0.3) is 5.91 Å². The highest BCUT2D eigenvalue weighted by atomic mass is 32.1. The quantitative estimate of drug-likeness (QED) is 0.231. The lowest BCUT2D eigenvalue weighted by Crippen LogP contribution is -2.49. The summed E-state index contributed by atoms with van der Waals surface area (Å²) in [6.45, 7) is 1.14. The molecule has 1 unspecified atom stereocenters. The van der Waals surface area contributed by atoms with Crippen LogP contribution in [0.4, 0.5) is 17.6 Å². The predicted octanol–water partition coefficient (Wildman–Crippen LogP) is 3.99. The summed E-state index contributed by atoms with van der Waals surface area (Å²) in [7, 11) is 0. The number of halogens is 4. The zero-order valence-corrected chi connectivity index (χ0v) is 18.3. The first kappa shape index (κ1) is 24.5. The van der Waals surface area contributed by atoms with Crippen LogP contribution < -0.4 is 17.3 Å². The molecule has 0 bridgehead atoms. The van der Waals surface area contributed by atoms with E-state index in [1.54, 1.807) is 30.3 Å². The number of hydrazine groups is 1. The first-order valence-corrected chi connectivity index (χ1v) is 10.6. The summed E-state index contributed by atoms with van der Waals surface area (Å²) in [5.74, 6) is 4.77. The van der Waals surface area contributed by atoms with Crippen LogP contribution in [0.1, 0.15) is 28.6 Å². The minimum atomic E-state index is -4.96. The summed E-state index contributed by atoms with van der Waals surface area (Å²) in [6.07, 6.45) is -4.79. The van der Waals surface area contributed by atoms with Gasteiger partial charge in [0, 0.05) is 21.8 Å². The Kier molecular flexibility index (Phi) is 6.68. The van der Waals surface area contributed by atoms with Gasteiger partial charge in [0.15, 0.2) is 0 Å². The van der Waals surface area contributed by atoms with E-state index in [-0.39, 0.29) is 6.54 Å². The summed E-state index contributed by atoms with van der Waals surface area (Å²) < 4.78 is 53.6. The number of amides is 1. The maximum atomic E-state index is 13.3. The van der Waals surface area contributed by atoms with Crippen molar-refractivity contribution in [2.75, 3.05) is 0 Å². The first-order chi connectivity index (χ1) is 15.4. The van der Waals surface area contributed by atoms with Crippen LogP contribution in [0.3, 0.4) is 0 Å². The van der Waals surface area contributed by atoms with Crippen molar-refractivity contribution in [2.24, 2.45) is 17.3 Å². The second kappa shape index (κ2) is 9.00. The largest absolute Gasteiger partial charge is 0.422 e. The van der Waals surface area contributed by atoms with Gasteiger partial charge in [0.1, 0.15) is 10.7 Å². The van der Waals surface area contributed by atoms with Crippen molar-refractivity contribution >= 4 is 27.3 Å². The third kappa shape index (κ3) is 4.80. The molecular weight excluding hydrogens is 460 g/mol. The van der Waals surface area contributed by atoms with Crippen LogP contribution in [-0.4, -0.2) is 27.8 Å². The van der Waals surface area contributed by atoms with E-state index in [0.717, 1.165) is 29.5 Å². The van der Waals surface area contributed by atoms with Gasteiger partial charge < -0.3 is 21.6 Å². The van der Waals surface area contributed by atoms with Crippen LogP contribution in [0.2, 0.25) is 0 Å². The van der Waals surface area contributed by atoms with Crippen LogP contribution in [0, 0.1) is 5.82 Å². The second-order valence-corrected chi connectivity index (χ2v) is 8.53. The number of fused-ring (bicyclic) bond motifs is 1. The molecular formula is C22H22F4N4O2S. The molecule has 0 saturated carbocycles. The Balaban J connectivity index is 1.95. The molecule has 0 aliphatic rings. The third-order valence-corrected chi connectivity index (χ3v) is 6.41. The van der Waals surface area contributed by atoms with Gasteiger partial charge in [-0.1, -0.05) is 31.2 Å². The Morgan fingerprint density at radius 2 is 1.79 bits per heavy atom. The minimum absolute atomic E-state index is 0.0238. The molecule has 1 heterocycles. The number of benzene rings is 2. The number of carbonyl (C=O) groups excluding carboxylic acids is 1. The van der Waals surface area contributed by atoms with Crippen molar-refractivity contribution in [3.63, 3.8) is 0 Å². The van der Waals surface area contributed by atoms with Gasteiger partial charge in [-0.05, 0) is 35.7 Å². The monoisotopic (exact) mass is 482 g/mol. The summed E-state index contributed by atoms with van der Waals surface area (Å²) >= 11 is 1.14. The molecule has 1 aromatic heterocycles. The van der Waals surface area contributed by atoms with Crippen LogP contribution in [0.15, 0.2) is 54.4 Å². The zero-order chi connectivity index (χ0) is 24.6. The van der Waals surface area contributed by atoms with E-state index in [1.165, 1.54) is 12.1 Å². The molecule has 2 aromatic carbocycles. The molecule has 6 nitrogen and oxygen atoms in total. The molecule has 11 heteroatoms. The van der Waals surface area contributed by atoms with E-state index >= 15 is 0 Å². The number of primary amides is 1. The lowest BCUT2D eigenvalue weighted by Gasteiger charge is -2.30. The SMILES string of the molecule is CCC(O)(/C(N)=C/N(N)Cc1ccc2c(-c3ccc(F)cc3)c(C(N)=O)sc2c1)C(F)(F)F. The molecule has 1 amide bonds. The Labute approximate surface area is 190 Å². The maximum Gasteiger partial charge on any atom is 0.422 e. The highest BCUT2D eigenvalue weighted by Gasteiger charge is 2.54. The normalized spacial score (nSPS) is 14.3. The lowest BCUT2D eigenvalue weighted by molar-refractivity contribution is -0.245. The molecule has 1 atom stereocenters. The van der Waals surface area contributed by atoms with Gasteiger partial charge in [0.05, 0.1) is 12.2 Å². The number of alkyl halides is 3. The molecule has 0 spiro atoms. The Hall–Kier alpha value is -3.15. The van der Waals surface area contributed by atoms with Gasteiger partial charge in [-0.2, -0.15) is 13.2 Å². The molecule has 3 aromatic rings. The maximum absolute atomic E-state index is 13.3. The highest BCUT2D eigenvalue weighted by molar-refractivity contribution is 7.21. The Morgan fingerprint density at radius 1 is 1.15 bits per heavy atom. The van der Waals surface area contributed by atoms with Crippen LogP contribution in [0.25, 0.3) is 21.2 Å². The molecule has 176 valence electrons. The second-order valence-electron chi connectivity index (χ2n) is 7.48. The van der Waals surface area contributed by atoms with E-state index in [9.17, 15) is 27.5 Å². The number of hydrogen-bond donors (Lipinski definition) is 4. The fraction of sp³-hybridized carbons (Fsp3) is 0.227.